The molecule has 44 heavy (non-hydrogen) atoms. The van der Waals surface area contributed by atoms with Gasteiger partial charge in [-0.3, -0.25) is 4.99 Å². The first kappa shape index (κ1) is 32.3. The quantitative estimate of drug-likeness (QED) is 0.0790. The summed E-state index contributed by atoms with van der Waals surface area (Å²) in [4.78, 5) is 20.8. The average molecular weight is 617 g/mol. The Kier molecular flexibility index (Phi) is 11.2. The summed E-state index contributed by atoms with van der Waals surface area (Å²) in [6.45, 7) is 8.26. The largest absolute Gasteiger partial charge is 0.376 e. The second-order valence-electron chi connectivity index (χ2n) is 12.6. The second-order valence-corrected chi connectivity index (χ2v) is 13.5. The molecule has 0 radical (unpaired) electrons. The number of unbranched alkanes of at least 4 members (excludes halogenated alkanes) is 1. The number of amidine groups is 1. The molecule has 1 N–H and O–H groups in total. The number of hydrogen-bond acceptors (Lipinski definition) is 7. The average Bonchev–Trinajstić information content (AvgIpc) is 3.82. The van der Waals surface area contributed by atoms with E-state index in [0.717, 1.165) is 97.8 Å². The van der Waals surface area contributed by atoms with E-state index >= 15 is 0 Å². The molecule has 8 heteroatoms. The minimum atomic E-state index is -0.556. The van der Waals surface area contributed by atoms with Gasteiger partial charge in [-0.05, 0) is 92.1 Å². The summed E-state index contributed by atoms with van der Waals surface area (Å²) in [5, 5.41) is 4.17. The van der Waals surface area contributed by atoms with Gasteiger partial charge in [0.1, 0.15) is 23.4 Å². The van der Waals surface area contributed by atoms with Crippen LogP contribution in [0.1, 0.15) is 93.6 Å². The molecular weight excluding hydrogens is 568 g/mol. The first-order valence-electron chi connectivity index (χ1n) is 16.3. The summed E-state index contributed by atoms with van der Waals surface area (Å²) in [6.07, 6.45) is 11.8. The van der Waals surface area contributed by atoms with Gasteiger partial charge in [0.25, 0.3) is 0 Å². The van der Waals surface area contributed by atoms with Gasteiger partial charge in [-0.15, -0.1) is 0 Å². The fourth-order valence-electron chi connectivity index (χ4n) is 5.85. The van der Waals surface area contributed by atoms with Crippen LogP contribution in [0.5, 0.6) is 0 Å². The molecule has 0 spiro atoms. The molecule has 0 bridgehead atoms. The molecule has 0 saturated heterocycles. The van der Waals surface area contributed by atoms with Crippen molar-refractivity contribution in [2.24, 2.45) is 10.9 Å². The fourth-order valence-corrected chi connectivity index (χ4v) is 6.68. The molecule has 7 nitrogen and oxygen atoms in total. The van der Waals surface area contributed by atoms with Gasteiger partial charge in [0, 0.05) is 37.1 Å². The van der Waals surface area contributed by atoms with Crippen LogP contribution in [0.2, 0.25) is 0 Å². The number of aromatic nitrogens is 1. The van der Waals surface area contributed by atoms with Crippen LogP contribution >= 0.6 is 11.9 Å². The Morgan fingerprint density at radius 1 is 1.16 bits per heavy atom. The predicted molar refractivity (Wildman–Crippen MR) is 180 cm³/mol. The number of carbonyl (C=O) groups is 1. The lowest BCUT2D eigenvalue weighted by Gasteiger charge is -2.31. The summed E-state index contributed by atoms with van der Waals surface area (Å²) >= 11 is 1.55. The molecule has 236 valence electrons. The number of ether oxygens (including phenoxy) is 1. The number of benzene rings is 2. The number of aldehydes is 1. The summed E-state index contributed by atoms with van der Waals surface area (Å²) in [5.74, 6) is 3.32. The lowest BCUT2D eigenvalue weighted by Crippen LogP contribution is -2.36. The maximum atomic E-state index is 12.3. The number of anilines is 1. The van der Waals surface area contributed by atoms with E-state index in [1.54, 1.807) is 11.9 Å². The van der Waals surface area contributed by atoms with Crippen molar-refractivity contribution < 1.29 is 14.1 Å². The number of aliphatic imine (C=N–C) groups is 1. The van der Waals surface area contributed by atoms with Crippen LogP contribution in [-0.2, 0) is 22.7 Å². The van der Waals surface area contributed by atoms with Crippen LogP contribution in [-0.4, -0.2) is 41.4 Å². The standard InChI is InChI=1S/C36H48N4O3S/c1-5-6-14-34(37-36(25-41)19-10-7-11-20-36)40(4)22-29-17-18-31(30(21-29)24-42-23-28-15-16-28)32-12-8-9-13-33(32)44-39-35-26(2)27(3)43-38-35/h8-9,12-13,17-18,21,25,28H,5-7,10-11,14-16,19-20,22-24H2,1-4H3,(H,38,39)/b37-34-. The molecule has 2 saturated carbocycles. The van der Waals surface area contributed by atoms with Crippen molar-refractivity contribution in [2.45, 2.75) is 109 Å². The molecule has 0 unspecified atom stereocenters. The molecule has 5 rings (SSSR count). The van der Waals surface area contributed by atoms with E-state index in [-0.39, 0.29) is 0 Å². The van der Waals surface area contributed by atoms with Gasteiger partial charge in [0.05, 0.1) is 6.61 Å². The monoisotopic (exact) mass is 616 g/mol. The highest BCUT2D eigenvalue weighted by molar-refractivity contribution is 8.00. The molecule has 1 heterocycles. The molecule has 2 fully saturated rings. The van der Waals surface area contributed by atoms with Crippen LogP contribution in [0.25, 0.3) is 11.1 Å². The predicted octanol–water partition coefficient (Wildman–Crippen LogP) is 8.93. The minimum Gasteiger partial charge on any atom is -0.376 e. The van der Waals surface area contributed by atoms with Crippen molar-refractivity contribution in [1.82, 2.24) is 10.1 Å². The summed E-state index contributed by atoms with van der Waals surface area (Å²) in [6, 6.07) is 15.2. The molecule has 2 aromatic carbocycles. The van der Waals surface area contributed by atoms with Crippen molar-refractivity contribution in [3.05, 3.63) is 64.9 Å². The summed E-state index contributed by atoms with van der Waals surface area (Å²) in [5.41, 5.74) is 5.19. The Morgan fingerprint density at radius 3 is 2.66 bits per heavy atom. The highest BCUT2D eigenvalue weighted by Gasteiger charge is 2.32. The number of aryl methyl sites for hydroxylation is 1. The maximum Gasteiger partial charge on any atom is 0.182 e. The molecule has 0 atom stereocenters. The van der Waals surface area contributed by atoms with Gasteiger partial charge in [-0.25, -0.2) is 0 Å². The Labute approximate surface area is 267 Å². The topological polar surface area (TPSA) is 80.0 Å². The normalized spacial score (nSPS) is 16.6. The van der Waals surface area contributed by atoms with Gasteiger partial charge in [0.15, 0.2) is 5.82 Å². The fraction of sp³-hybridized carbons (Fsp3) is 0.528. The number of nitrogens with one attached hydrogen (secondary N) is 1. The zero-order valence-corrected chi connectivity index (χ0v) is 27.7. The Hall–Kier alpha value is -3.10. The molecule has 0 amide bonds. The molecule has 1 aromatic heterocycles. The highest BCUT2D eigenvalue weighted by atomic mass is 32.2. The number of nitrogens with zero attached hydrogens (tertiary/aromatic N) is 3. The molecule has 2 aliphatic carbocycles. The van der Waals surface area contributed by atoms with Gasteiger partial charge in [-0.1, -0.05) is 74.2 Å². The molecular formula is C36H48N4O3S. The van der Waals surface area contributed by atoms with Crippen molar-refractivity contribution in [2.75, 3.05) is 18.4 Å². The van der Waals surface area contributed by atoms with Crippen LogP contribution < -0.4 is 4.72 Å². The molecule has 0 aliphatic heterocycles. The molecule has 3 aromatic rings. The van der Waals surface area contributed by atoms with Gasteiger partial charge < -0.3 is 23.7 Å². The van der Waals surface area contributed by atoms with E-state index in [1.165, 1.54) is 36.0 Å². The van der Waals surface area contributed by atoms with E-state index < -0.39 is 5.54 Å². The van der Waals surface area contributed by atoms with Gasteiger partial charge in [0.2, 0.25) is 0 Å². The summed E-state index contributed by atoms with van der Waals surface area (Å²) in [7, 11) is 2.12. The van der Waals surface area contributed by atoms with Gasteiger partial charge in [-0.2, -0.15) is 0 Å². The first-order chi connectivity index (χ1) is 21.4. The number of rotatable bonds is 15. The van der Waals surface area contributed by atoms with Crippen molar-refractivity contribution in [3.63, 3.8) is 0 Å². The third-order valence-electron chi connectivity index (χ3n) is 8.97. The summed E-state index contributed by atoms with van der Waals surface area (Å²) < 4.78 is 15.0. The highest BCUT2D eigenvalue weighted by Crippen LogP contribution is 2.36. The van der Waals surface area contributed by atoms with Crippen molar-refractivity contribution >= 4 is 29.9 Å². The SMILES string of the molecule is CCCC/C(=N/C1(C=O)CCCCC1)N(C)Cc1ccc(-c2ccccc2SNc2noc(C)c2C)c(COCC2CC2)c1. The van der Waals surface area contributed by atoms with E-state index in [4.69, 9.17) is 14.3 Å². The third kappa shape index (κ3) is 8.33. The zero-order chi connectivity index (χ0) is 30.9. The van der Waals surface area contributed by atoms with E-state index in [9.17, 15) is 4.79 Å². The van der Waals surface area contributed by atoms with Gasteiger partial charge >= 0.3 is 0 Å². The number of hydrogen-bond donors (Lipinski definition) is 1. The van der Waals surface area contributed by atoms with E-state index in [1.807, 2.05) is 13.8 Å². The Balaban J connectivity index is 1.40. The van der Waals surface area contributed by atoms with Crippen LogP contribution in [0.4, 0.5) is 5.82 Å². The smallest absolute Gasteiger partial charge is 0.182 e. The second kappa shape index (κ2) is 15.3. The maximum absolute atomic E-state index is 12.3. The third-order valence-corrected chi connectivity index (χ3v) is 9.85. The van der Waals surface area contributed by atoms with Crippen molar-refractivity contribution in [1.29, 1.82) is 0 Å². The molecule has 2 aliphatic rings. The minimum absolute atomic E-state index is 0.556. The van der Waals surface area contributed by atoms with Crippen LogP contribution in [0.3, 0.4) is 0 Å². The lowest BCUT2D eigenvalue weighted by molar-refractivity contribution is -0.113. The van der Waals surface area contributed by atoms with E-state index in [0.29, 0.717) is 12.5 Å². The number of carbonyl (C=O) groups excluding carboxylic acids is 1. The van der Waals surface area contributed by atoms with E-state index in [2.05, 4.69) is 71.2 Å². The zero-order valence-electron chi connectivity index (χ0n) is 26.9. The lowest BCUT2D eigenvalue weighted by atomic mass is 9.83. The Bertz CT molecular complexity index is 1420. The Morgan fingerprint density at radius 2 is 1.95 bits per heavy atom. The van der Waals surface area contributed by atoms with Crippen LogP contribution in [0, 0.1) is 19.8 Å². The van der Waals surface area contributed by atoms with Crippen molar-refractivity contribution in [3.8, 4) is 11.1 Å². The van der Waals surface area contributed by atoms with Crippen LogP contribution in [0.15, 0.2) is 56.9 Å². The first-order valence-corrected chi connectivity index (χ1v) is 17.1.